The third-order valence-corrected chi connectivity index (χ3v) is 5.72. The molecule has 1 heterocycles. The summed E-state index contributed by atoms with van der Waals surface area (Å²) in [6, 6.07) is 2.49. The molecule has 3 atom stereocenters. The Bertz CT molecular complexity index is 1090. The SMILES string of the molecule is C=N/C(=C\N=C(/C)C(=O)Nc1ccc(F)c([C@@]2(C)N=C(N)O[C@H](C(F)(F)C3CC3)[C@@H]2F)c1)OCF. The van der Waals surface area contributed by atoms with Crippen molar-refractivity contribution in [3.63, 3.8) is 0 Å². The summed E-state index contributed by atoms with van der Waals surface area (Å²) in [6.07, 6.45) is -3.31. The first kappa shape index (κ1) is 26.1. The first-order valence-corrected chi connectivity index (χ1v) is 10.5. The molecule has 0 bridgehead atoms. The van der Waals surface area contributed by atoms with Gasteiger partial charge in [-0.3, -0.25) is 9.79 Å². The number of carbonyl (C=O) groups excluding carboxylic acids is 1. The molecule has 1 aliphatic carbocycles. The fourth-order valence-electron chi connectivity index (χ4n) is 3.59. The molecular formula is C22H24F5N5O3. The molecule has 0 saturated heterocycles. The molecule has 35 heavy (non-hydrogen) atoms. The van der Waals surface area contributed by atoms with Gasteiger partial charge in [-0.25, -0.2) is 31.9 Å². The van der Waals surface area contributed by atoms with Crippen LogP contribution in [0.3, 0.4) is 0 Å². The van der Waals surface area contributed by atoms with Crippen molar-refractivity contribution in [3.05, 3.63) is 41.7 Å². The van der Waals surface area contributed by atoms with Gasteiger partial charge < -0.3 is 20.5 Å². The minimum Gasteiger partial charge on any atom is -0.452 e. The van der Waals surface area contributed by atoms with Gasteiger partial charge in [0.15, 0.2) is 12.3 Å². The quantitative estimate of drug-likeness (QED) is 0.303. The number of carbonyl (C=O) groups is 1. The van der Waals surface area contributed by atoms with Crippen LogP contribution in [0.2, 0.25) is 0 Å². The lowest BCUT2D eigenvalue weighted by molar-refractivity contribution is -0.161. The van der Waals surface area contributed by atoms with Gasteiger partial charge in [-0.1, -0.05) is 0 Å². The number of nitrogens with zero attached hydrogens (tertiary/aromatic N) is 3. The first-order valence-electron chi connectivity index (χ1n) is 10.5. The number of aliphatic imine (C=N–C) groups is 3. The molecule has 3 N–H and O–H groups in total. The smallest absolute Gasteiger partial charge is 0.290 e. The van der Waals surface area contributed by atoms with Crippen molar-refractivity contribution in [2.45, 2.75) is 50.4 Å². The van der Waals surface area contributed by atoms with Crippen LogP contribution in [0.1, 0.15) is 32.3 Å². The number of nitrogens with two attached hydrogens (primary N) is 1. The molecular weight excluding hydrogens is 477 g/mol. The monoisotopic (exact) mass is 501 g/mol. The average molecular weight is 501 g/mol. The van der Waals surface area contributed by atoms with Gasteiger partial charge in [0.2, 0.25) is 12.7 Å². The molecule has 1 fully saturated rings. The van der Waals surface area contributed by atoms with Gasteiger partial charge in [-0.15, -0.1) is 0 Å². The van der Waals surface area contributed by atoms with E-state index in [0.717, 1.165) is 25.3 Å². The van der Waals surface area contributed by atoms with Crippen LogP contribution in [-0.2, 0) is 19.8 Å². The van der Waals surface area contributed by atoms with E-state index in [1.807, 2.05) is 0 Å². The number of benzene rings is 1. The number of halogens is 5. The molecule has 0 spiro atoms. The molecule has 1 aliphatic heterocycles. The second-order valence-corrected chi connectivity index (χ2v) is 8.23. The van der Waals surface area contributed by atoms with Gasteiger partial charge in [-0.05, 0) is 51.6 Å². The number of alkyl halides is 4. The number of amidine groups is 1. The predicted octanol–water partition coefficient (Wildman–Crippen LogP) is 3.98. The van der Waals surface area contributed by atoms with Crippen molar-refractivity contribution in [1.29, 1.82) is 0 Å². The zero-order valence-electron chi connectivity index (χ0n) is 18.9. The van der Waals surface area contributed by atoms with E-state index in [4.69, 9.17) is 10.5 Å². The lowest BCUT2D eigenvalue weighted by Gasteiger charge is -2.41. The zero-order chi connectivity index (χ0) is 26.0. The summed E-state index contributed by atoms with van der Waals surface area (Å²) in [4.78, 5) is 23.4. The normalized spacial score (nSPS) is 25.4. The highest BCUT2D eigenvalue weighted by Crippen LogP contribution is 2.51. The molecule has 1 aromatic rings. The highest BCUT2D eigenvalue weighted by Gasteiger charge is 2.62. The summed E-state index contributed by atoms with van der Waals surface area (Å²) in [6.45, 7) is 4.43. The van der Waals surface area contributed by atoms with E-state index in [2.05, 4.69) is 31.7 Å². The maximum atomic E-state index is 15.5. The van der Waals surface area contributed by atoms with Gasteiger partial charge in [0.05, 0.1) is 6.20 Å². The maximum absolute atomic E-state index is 15.5. The molecule has 2 aliphatic rings. The van der Waals surface area contributed by atoms with Gasteiger partial charge in [0.1, 0.15) is 17.1 Å². The van der Waals surface area contributed by atoms with E-state index in [-0.39, 0.29) is 30.1 Å². The number of hydrogen-bond donors (Lipinski definition) is 2. The Morgan fingerprint density at radius 1 is 1.46 bits per heavy atom. The highest BCUT2D eigenvalue weighted by atomic mass is 19.3. The minimum absolute atomic E-state index is 0.00574. The molecule has 0 radical (unpaired) electrons. The molecule has 0 unspecified atom stereocenters. The molecule has 1 aromatic carbocycles. The summed E-state index contributed by atoms with van der Waals surface area (Å²) in [5.41, 5.74) is 2.91. The summed E-state index contributed by atoms with van der Waals surface area (Å²) in [7, 11) is 0. The van der Waals surface area contributed by atoms with Crippen molar-refractivity contribution < 1.29 is 36.2 Å². The average Bonchev–Trinajstić information content (AvgIpc) is 3.66. The number of rotatable bonds is 9. The van der Waals surface area contributed by atoms with E-state index < -0.39 is 59.8 Å². The highest BCUT2D eigenvalue weighted by molar-refractivity contribution is 6.42. The third kappa shape index (κ3) is 5.43. The fourth-order valence-corrected chi connectivity index (χ4v) is 3.59. The Balaban J connectivity index is 1.89. The van der Waals surface area contributed by atoms with Crippen molar-refractivity contribution in [3.8, 4) is 0 Å². The Morgan fingerprint density at radius 3 is 2.74 bits per heavy atom. The van der Waals surface area contributed by atoms with Crippen LogP contribution in [0, 0.1) is 11.7 Å². The van der Waals surface area contributed by atoms with Gasteiger partial charge in [0, 0.05) is 17.2 Å². The minimum atomic E-state index is -3.53. The van der Waals surface area contributed by atoms with E-state index in [1.54, 1.807) is 0 Å². The van der Waals surface area contributed by atoms with Crippen LogP contribution in [0.15, 0.2) is 45.3 Å². The van der Waals surface area contributed by atoms with Gasteiger partial charge in [-0.2, -0.15) is 0 Å². The van der Waals surface area contributed by atoms with E-state index in [0.29, 0.717) is 0 Å². The summed E-state index contributed by atoms with van der Waals surface area (Å²) >= 11 is 0. The second kappa shape index (κ2) is 10.0. The number of ether oxygens (including phenoxy) is 2. The fraction of sp³-hybridized carbons (Fsp3) is 0.455. The molecule has 3 rings (SSSR count). The Hall–Kier alpha value is -3.51. The molecule has 1 saturated carbocycles. The number of anilines is 1. The van der Waals surface area contributed by atoms with Gasteiger partial charge >= 0.3 is 0 Å². The standard InChI is InChI=1S/C22H24F5N5O3/c1-11(30-9-16(29-3)34-10-23)19(33)31-13-6-7-15(24)14(8-13)21(2)17(25)18(35-20(28)32-21)22(26,27)12-4-5-12/h6-9,12,17-18H,3-5,10H2,1-2H3,(H2,28,32)(H,31,33)/b16-9+,30-11+/t17-,18-,21+/m0/s1. The molecule has 8 nitrogen and oxygen atoms in total. The molecule has 190 valence electrons. The zero-order valence-corrected chi connectivity index (χ0v) is 18.9. The topological polar surface area (TPSA) is 111 Å². The lowest BCUT2D eigenvalue weighted by Crippen LogP contribution is -2.57. The molecule has 0 aromatic heterocycles. The lowest BCUT2D eigenvalue weighted by atomic mass is 9.81. The summed E-state index contributed by atoms with van der Waals surface area (Å²) in [5.74, 6) is -6.55. The van der Waals surface area contributed by atoms with Crippen LogP contribution >= 0.6 is 0 Å². The van der Waals surface area contributed by atoms with Crippen LogP contribution in [0.4, 0.5) is 27.6 Å². The number of hydrogen-bond acceptors (Lipinski definition) is 7. The van der Waals surface area contributed by atoms with Crippen LogP contribution < -0.4 is 11.1 Å². The van der Waals surface area contributed by atoms with Crippen LogP contribution in [0.25, 0.3) is 0 Å². The number of nitrogens with one attached hydrogen (secondary N) is 1. The molecule has 1 amide bonds. The third-order valence-electron chi connectivity index (χ3n) is 5.72. The predicted molar refractivity (Wildman–Crippen MR) is 119 cm³/mol. The van der Waals surface area contributed by atoms with Crippen molar-refractivity contribution in [2.75, 3.05) is 12.2 Å². The van der Waals surface area contributed by atoms with E-state index in [1.165, 1.54) is 13.0 Å². The molecule has 13 heteroatoms. The Kier molecular flexibility index (Phi) is 7.46. The Morgan fingerprint density at radius 2 is 2.14 bits per heavy atom. The van der Waals surface area contributed by atoms with Crippen LogP contribution in [0.5, 0.6) is 0 Å². The summed E-state index contributed by atoms with van der Waals surface area (Å²) in [5, 5.41) is 2.43. The first-order chi connectivity index (χ1) is 16.4. The van der Waals surface area contributed by atoms with Crippen molar-refractivity contribution in [2.24, 2.45) is 26.6 Å². The summed E-state index contributed by atoms with van der Waals surface area (Å²) < 4.78 is 81.4. The van der Waals surface area contributed by atoms with Crippen molar-refractivity contribution >= 4 is 30.0 Å². The van der Waals surface area contributed by atoms with Crippen LogP contribution in [-0.4, -0.2) is 49.4 Å². The maximum Gasteiger partial charge on any atom is 0.290 e. The number of amides is 1. The van der Waals surface area contributed by atoms with E-state index >= 15 is 4.39 Å². The Labute approximate surface area is 197 Å². The van der Waals surface area contributed by atoms with Crippen molar-refractivity contribution in [1.82, 2.24) is 0 Å². The second-order valence-electron chi connectivity index (χ2n) is 8.23. The largest absolute Gasteiger partial charge is 0.452 e. The van der Waals surface area contributed by atoms with Gasteiger partial charge in [0.25, 0.3) is 17.9 Å². The van der Waals surface area contributed by atoms with E-state index in [9.17, 15) is 22.4 Å².